The Balaban J connectivity index is 1.42. The Bertz CT molecular complexity index is 1050. The summed E-state index contributed by atoms with van der Waals surface area (Å²) in [6.07, 6.45) is 8.08. The van der Waals surface area contributed by atoms with Crippen molar-refractivity contribution >= 4 is 42.8 Å². The number of sulfonamides is 1. The van der Waals surface area contributed by atoms with Crippen LogP contribution in [0.15, 0.2) is 76.4 Å². The van der Waals surface area contributed by atoms with Crippen molar-refractivity contribution in [2.45, 2.75) is 11.3 Å². The Kier molecular flexibility index (Phi) is 7.33. The quantitative estimate of drug-likeness (QED) is 0.474. The van der Waals surface area contributed by atoms with Crippen molar-refractivity contribution in [3.05, 3.63) is 77.0 Å². The average Bonchev–Trinajstić information content (AvgIpc) is 2.71. The van der Waals surface area contributed by atoms with E-state index in [2.05, 4.69) is 43.1 Å². The van der Waals surface area contributed by atoms with Crippen LogP contribution in [0.3, 0.4) is 0 Å². The first-order valence-corrected chi connectivity index (χ1v) is 11.3. The first-order chi connectivity index (χ1) is 13.6. The summed E-state index contributed by atoms with van der Waals surface area (Å²) in [7, 11) is -3.55. The zero-order valence-corrected chi connectivity index (χ0v) is 17.7. The van der Waals surface area contributed by atoms with Gasteiger partial charge in [0.1, 0.15) is 0 Å². The smallest absolute Gasteiger partial charge is 0.241 e. The summed E-state index contributed by atoms with van der Waals surface area (Å²) < 4.78 is 28.9. The molecule has 0 fully saturated rings. The molecule has 0 saturated carbocycles. The van der Waals surface area contributed by atoms with Crippen LogP contribution >= 0.6 is 15.9 Å². The number of aromatic nitrogens is 1. The molecule has 3 rings (SSSR count). The van der Waals surface area contributed by atoms with Crippen molar-refractivity contribution < 1.29 is 8.42 Å². The number of benzene rings is 2. The maximum absolute atomic E-state index is 12.6. The summed E-state index contributed by atoms with van der Waals surface area (Å²) in [6.45, 7) is 1.85. The molecule has 0 aliphatic heterocycles. The first-order valence-electron chi connectivity index (χ1n) is 9.01. The van der Waals surface area contributed by atoms with E-state index in [1.165, 1.54) is 0 Å². The van der Waals surface area contributed by atoms with E-state index < -0.39 is 10.0 Å². The van der Waals surface area contributed by atoms with Gasteiger partial charge in [-0.3, -0.25) is 4.98 Å². The molecule has 2 N–H and O–H groups in total. The van der Waals surface area contributed by atoms with Crippen LogP contribution in [0.25, 0.3) is 16.8 Å². The highest BCUT2D eigenvalue weighted by Crippen LogP contribution is 2.21. The monoisotopic (exact) mass is 459 g/mol. The third-order valence-electron chi connectivity index (χ3n) is 4.20. The fraction of sp³-hybridized carbons (Fsp3) is 0.190. The number of hydrogen-bond donors (Lipinski definition) is 2. The van der Waals surface area contributed by atoms with Crippen molar-refractivity contribution in [3.8, 4) is 0 Å². The molecule has 0 saturated heterocycles. The van der Waals surface area contributed by atoms with Crippen molar-refractivity contribution in [2.24, 2.45) is 0 Å². The minimum absolute atomic E-state index is 0.290. The molecule has 0 unspecified atom stereocenters. The van der Waals surface area contributed by atoms with E-state index in [0.29, 0.717) is 18.4 Å². The Labute approximate surface area is 174 Å². The third-order valence-corrected chi connectivity index (χ3v) is 6.24. The number of pyridine rings is 1. The Hall–Kier alpha value is -2.06. The van der Waals surface area contributed by atoms with Crippen LogP contribution in [0.5, 0.6) is 0 Å². The molecule has 0 bridgehead atoms. The second-order valence-electron chi connectivity index (χ2n) is 6.26. The van der Waals surface area contributed by atoms with Gasteiger partial charge in [0.2, 0.25) is 10.0 Å². The summed E-state index contributed by atoms with van der Waals surface area (Å²) in [4.78, 5) is 4.33. The number of hydrogen-bond acceptors (Lipinski definition) is 4. The van der Waals surface area contributed by atoms with Crippen LogP contribution in [-0.2, 0) is 10.0 Å². The maximum Gasteiger partial charge on any atom is 0.241 e. The number of fused-ring (bicyclic) bond motifs is 1. The van der Waals surface area contributed by atoms with Gasteiger partial charge in [-0.2, -0.15) is 0 Å². The van der Waals surface area contributed by atoms with Crippen LogP contribution in [0.4, 0.5) is 0 Å². The molecular formula is C21H22BrN3O2S. The molecule has 146 valence electrons. The molecule has 0 atom stereocenters. The second kappa shape index (κ2) is 9.93. The minimum Gasteiger partial charge on any atom is -0.313 e. The van der Waals surface area contributed by atoms with Gasteiger partial charge in [-0.05, 0) is 42.8 Å². The van der Waals surface area contributed by atoms with E-state index in [1.807, 2.05) is 30.3 Å². The van der Waals surface area contributed by atoms with Gasteiger partial charge in [-0.15, -0.1) is 0 Å². The molecular weight excluding hydrogens is 438 g/mol. The van der Waals surface area contributed by atoms with Gasteiger partial charge >= 0.3 is 0 Å². The lowest BCUT2D eigenvalue weighted by atomic mass is 10.2. The lowest BCUT2D eigenvalue weighted by molar-refractivity contribution is 0.577. The Morgan fingerprint density at radius 1 is 1.04 bits per heavy atom. The molecule has 1 aromatic heterocycles. The average molecular weight is 460 g/mol. The highest BCUT2D eigenvalue weighted by molar-refractivity contribution is 9.10. The van der Waals surface area contributed by atoms with Gasteiger partial charge in [0.05, 0.1) is 4.90 Å². The van der Waals surface area contributed by atoms with Crippen molar-refractivity contribution in [1.82, 2.24) is 15.0 Å². The Morgan fingerprint density at radius 3 is 2.68 bits per heavy atom. The molecule has 7 heteroatoms. The summed E-state index contributed by atoms with van der Waals surface area (Å²) >= 11 is 3.42. The molecule has 0 aliphatic carbocycles. The summed E-state index contributed by atoms with van der Waals surface area (Å²) in [5, 5.41) is 4.78. The largest absolute Gasteiger partial charge is 0.313 e. The molecule has 28 heavy (non-hydrogen) atoms. The van der Waals surface area contributed by atoms with Crippen LogP contribution < -0.4 is 10.0 Å². The zero-order valence-electron chi connectivity index (χ0n) is 15.3. The molecule has 1 heterocycles. The number of nitrogens with one attached hydrogen (secondary N) is 2. The third kappa shape index (κ3) is 5.72. The Morgan fingerprint density at radius 2 is 1.86 bits per heavy atom. The molecule has 0 radical (unpaired) electrons. The molecule has 0 amide bonds. The predicted octanol–water partition coefficient (Wildman–Crippen LogP) is 3.97. The topological polar surface area (TPSA) is 71.1 Å². The molecule has 2 aromatic carbocycles. The summed E-state index contributed by atoms with van der Waals surface area (Å²) in [6, 6.07) is 15.0. The lowest BCUT2D eigenvalue weighted by Crippen LogP contribution is -2.27. The van der Waals surface area contributed by atoms with Gasteiger partial charge in [0.15, 0.2) is 0 Å². The number of rotatable bonds is 9. The minimum atomic E-state index is -3.55. The van der Waals surface area contributed by atoms with E-state index in [9.17, 15) is 8.42 Å². The first kappa shape index (κ1) is 20.7. The van der Waals surface area contributed by atoms with Gasteiger partial charge in [0, 0.05) is 40.7 Å². The van der Waals surface area contributed by atoms with E-state index >= 15 is 0 Å². The summed E-state index contributed by atoms with van der Waals surface area (Å²) in [5.74, 6) is 0. The van der Waals surface area contributed by atoms with Gasteiger partial charge in [-0.1, -0.05) is 52.3 Å². The normalized spacial score (nSPS) is 12.0. The highest BCUT2D eigenvalue weighted by atomic mass is 79.9. The number of nitrogens with zero attached hydrogens (tertiary/aromatic N) is 1. The van der Waals surface area contributed by atoms with Gasteiger partial charge < -0.3 is 5.32 Å². The van der Waals surface area contributed by atoms with E-state index in [4.69, 9.17) is 0 Å². The molecule has 5 nitrogen and oxygen atoms in total. The second-order valence-corrected chi connectivity index (χ2v) is 8.91. The van der Waals surface area contributed by atoms with Crippen LogP contribution in [0.1, 0.15) is 12.0 Å². The van der Waals surface area contributed by atoms with Crippen molar-refractivity contribution in [1.29, 1.82) is 0 Å². The number of halogens is 1. The molecule has 3 aromatic rings. The molecule has 0 aliphatic rings. The standard InChI is InChI=1S/C21H22BrN3O2S/c22-19-9-7-17(8-10-19)4-2-12-23-13-3-14-25-28(26,27)21-6-1-5-18-16-24-15-11-20(18)21/h1-2,4-11,15-16,23,25H,3,12-14H2/b4-2+. The van der Waals surface area contributed by atoms with Gasteiger partial charge in [-0.25, -0.2) is 13.1 Å². The fourth-order valence-corrected chi connectivity index (χ4v) is 4.35. The van der Waals surface area contributed by atoms with Crippen molar-refractivity contribution in [2.75, 3.05) is 19.6 Å². The van der Waals surface area contributed by atoms with E-state index in [0.717, 1.165) is 28.5 Å². The molecule has 0 spiro atoms. The van der Waals surface area contributed by atoms with Gasteiger partial charge in [0.25, 0.3) is 0 Å². The predicted molar refractivity (Wildman–Crippen MR) is 118 cm³/mol. The maximum atomic E-state index is 12.6. The van der Waals surface area contributed by atoms with Crippen LogP contribution in [0, 0.1) is 0 Å². The van der Waals surface area contributed by atoms with E-state index in [-0.39, 0.29) is 4.90 Å². The van der Waals surface area contributed by atoms with Crippen molar-refractivity contribution in [3.63, 3.8) is 0 Å². The van der Waals surface area contributed by atoms with Crippen LogP contribution in [-0.4, -0.2) is 33.0 Å². The lowest BCUT2D eigenvalue weighted by Gasteiger charge is -2.09. The van der Waals surface area contributed by atoms with E-state index in [1.54, 1.807) is 30.6 Å². The fourth-order valence-electron chi connectivity index (χ4n) is 2.78. The SMILES string of the molecule is O=S(=O)(NCCCNC/C=C/c1ccc(Br)cc1)c1cccc2cnccc12. The van der Waals surface area contributed by atoms with Crippen LogP contribution in [0.2, 0.25) is 0 Å². The highest BCUT2D eigenvalue weighted by Gasteiger charge is 2.16. The zero-order chi connectivity index (χ0) is 19.8. The summed E-state index contributed by atoms with van der Waals surface area (Å²) in [5.41, 5.74) is 1.14.